The summed E-state index contributed by atoms with van der Waals surface area (Å²) in [5.41, 5.74) is 1.91. The third-order valence-electron chi connectivity index (χ3n) is 3.36. The van der Waals surface area contributed by atoms with E-state index in [2.05, 4.69) is 10.6 Å². The van der Waals surface area contributed by atoms with Gasteiger partial charge in [-0.25, -0.2) is 0 Å². The van der Waals surface area contributed by atoms with Gasteiger partial charge in [0, 0.05) is 13.1 Å². The predicted octanol–water partition coefficient (Wildman–Crippen LogP) is -0.133. The van der Waals surface area contributed by atoms with E-state index in [0.717, 1.165) is 11.1 Å². The van der Waals surface area contributed by atoms with Crippen molar-refractivity contribution >= 4 is 5.91 Å². The summed E-state index contributed by atoms with van der Waals surface area (Å²) >= 11 is 0. The maximum atomic E-state index is 11.8. The van der Waals surface area contributed by atoms with Crippen molar-refractivity contribution in [1.82, 2.24) is 10.6 Å². The van der Waals surface area contributed by atoms with Crippen molar-refractivity contribution in [2.75, 3.05) is 13.1 Å². The van der Waals surface area contributed by atoms with Crippen LogP contribution in [-0.2, 0) is 4.79 Å². The maximum absolute atomic E-state index is 11.8. The summed E-state index contributed by atoms with van der Waals surface area (Å²) in [4.78, 5) is 11.8. The molecule has 104 valence electrons. The number of aliphatic hydroxyl groups excluding tert-OH is 2. The second-order valence-corrected chi connectivity index (χ2v) is 5.02. The van der Waals surface area contributed by atoms with Crippen molar-refractivity contribution in [1.29, 1.82) is 0 Å². The molecule has 19 heavy (non-hydrogen) atoms. The average Bonchev–Trinajstić information content (AvgIpc) is 2.83. The van der Waals surface area contributed by atoms with Crippen molar-refractivity contribution in [2.24, 2.45) is 0 Å². The van der Waals surface area contributed by atoms with Gasteiger partial charge in [0.25, 0.3) is 0 Å². The summed E-state index contributed by atoms with van der Waals surface area (Å²) in [5.74, 6) is -0.178. The van der Waals surface area contributed by atoms with E-state index in [1.54, 1.807) is 0 Å². The molecule has 1 aromatic rings. The van der Waals surface area contributed by atoms with Crippen LogP contribution in [0.2, 0.25) is 0 Å². The molecule has 0 spiro atoms. The Labute approximate surface area is 112 Å². The molecule has 1 aliphatic rings. The summed E-state index contributed by atoms with van der Waals surface area (Å²) in [7, 11) is 0. The Bertz CT molecular complexity index is 433. The second kappa shape index (κ2) is 6.14. The fraction of sp³-hybridized carbons (Fsp3) is 0.500. The number of carbonyl (C=O) groups is 1. The molecule has 3 atom stereocenters. The van der Waals surface area contributed by atoms with Gasteiger partial charge in [0.15, 0.2) is 0 Å². The highest BCUT2D eigenvalue weighted by molar-refractivity contribution is 5.82. The van der Waals surface area contributed by atoms with Crippen molar-refractivity contribution in [3.63, 3.8) is 0 Å². The fourth-order valence-corrected chi connectivity index (χ4v) is 2.14. The zero-order chi connectivity index (χ0) is 13.8. The Hall–Kier alpha value is -1.43. The first-order valence-electron chi connectivity index (χ1n) is 6.50. The van der Waals surface area contributed by atoms with Crippen LogP contribution in [0.15, 0.2) is 24.3 Å². The summed E-state index contributed by atoms with van der Waals surface area (Å²) in [6.45, 7) is 2.60. The number of β-amino-alcohol motifs (C(OH)–C–C–N with tert-alkyl or cyclic N) is 1. The van der Waals surface area contributed by atoms with Crippen molar-refractivity contribution < 1.29 is 15.0 Å². The summed E-state index contributed by atoms with van der Waals surface area (Å²) in [6.07, 6.45) is -0.749. The monoisotopic (exact) mass is 264 g/mol. The number of hydrogen-bond acceptors (Lipinski definition) is 4. The lowest BCUT2D eigenvalue weighted by Crippen LogP contribution is -2.41. The zero-order valence-corrected chi connectivity index (χ0v) is 11.0. The van der Waals surface area contributed by atoms with Crippen LogP contribution in [0.1, 0.15) is 23.7 Å². The number of hydrogen-bond donors (Lipinski definition) is 4. The minimum atomic E-state index is -0.712. The quantitative estimate of drug-likeness (QED) is 0.610. The molecule has 1 heterocycles. The van der Waals surface area contributed by atoms with E-state index in [4.69, 9.17) is 0 Å². The number of aliphatic hydroxyl groups is 2. The average molecular weight is 264 g/mol. The highest BCUT2D eigenvalue weighted by Crippen LogP contribution is 2.13. The molecule has 5 heteroatoms. The molecule has 1 aromatic carbocycles. The number of benzene rings is 1. The van der Waals surface area contributed by atoms with Gasteiger partial charge in [-0.2, -0.15) is 0 Å². The molecule has 0 aromatic heterocycles. The van der Waals surface area contributed by atoms with Crippen molar-refractivity contribution in [3.8, 4) is 0 Å². The topological polar surface area (TPSA) is 81.6 Å². The fourth-order valence-electron chi connectivity index (χ4n) is 2.14. The summed E-state index contributed by atoms with van der Waals surface area (Å²) in [5, 5.41) is 24.9. The lowest BCUT2D eigenvalue weighted by molar-refractivity contribution is -0.123. The maximum Gasteiger partial charge on any atom is 0.237 e. The van der Waals surface area contributed by atoms with E-state index >= 15 is 0 Å². The van der Waals surface area contributed by atoms with Gasteiger partial charge < -0.3 is 20.8 Å². The molecular formula is C14H20N2O3. The molecule has 1 aliphatic heterocycles. The van der Waals surface area contributed by atoms with E-state index in [1.165, 1.54) is 0 Å². The molecule has 1 saturated heterocycles. The van der Waals surface area contributed by atoms with Crippen molar-refractivity contribution in [3.05, 3.63) is 35.4 Å². The first-order valence-corrected chi connectivity index (χ1v) is 6.50. The Morgan fingerprint density at radius 2 is 2.16 bits per heavy atom. The van der Waals surface area contributed by atoms with Crippen LogP contribution in [0.3, 0.4) is 0 Å². The summed E-state index contributed by atoms with van der Waals surface area (Å²) < 4.78 is 0. The Kier molecular flexibility index (Phi) is 4.52. The predicted molar refractivity (Wildman–Crippen MR) is 71.6 cm³/mol. The second-order valence-electron chi connectivity index (χ2n) is 5.02. The first kappa shape index (κ1) is 14.0. The van der Waals surface area contributed by atoms with E-state index in [1.807, 2.05) is 31.2 Å². The van der Waals surface area contributed by atoms with E-state index in [0.29, 0.717) is 13.0 Å². The van der Waals surface area contributed by atoms with Crippen LogP contribution in [0.25, 0.3) is 0 Å². The number of aryl methyl sites for hydroxylation is 1. The van der Waals surface area contributed by atoms with Gasteiger partial charge in [-0.3, -0.25) is 4.79 Å². The highest BCUT2D eigenvalue weighted by Gasteiger charge is 2.28. The Balaban J connectivity index is 1.81. The number of rotatable bonds is 4. The molecule has 0 saturated carbocycles. The van der Waals surface area contributed by atoms with Gasteiger partial charge in [-0.05, 0) is 18.9 Å². The van der Waals surface area contributed by atoms with Gasteiger partial charge >= 0.3 is 0 Å². The van der Waals surface area contributed by atoms with Gasteiger partial charge in [-0.1, -0.05) is 29.8 Å². The van der Waals surface area contributed by atoms with Gasteiger partial charge in [0.2, 0.25) is 5.91 Å². The van der Waals surface area contributed by atoms with Gasteiger partial charge in [0.05, 0.1) is 18.2 Å². The third kappa shape index (κ3) is 3.76. The largest absolute Gasteiger partial charge is 0.392 e. The van der Waals surface area contributed by atoms with Crippen LogP contribution in [0.5, 0.6) is 0 Å². The molecule has 1 amide bonds. The minimum absolute atomic E-state index is 0.177. The van der Waals surface area contributed by atoms with E-state index in [9.17, 15) is 15.0 Å². The molecule has 3 unspecified atom stereocenters. The zero-order valence-electron chi connectivity index (χ0n) is 11.0. The molecule has 0 radical (unpaired) electrons. The van der Waals surface area contributed by atoms with E-state index < -0.39 is 12.2 Å². The van der Waals surface area contributed by atoms with Crippen LogP contribution in [-0.4, -0.2) is 41.4 Å². The van der Waals surface area contributed by atoms with Gasteiger partial charge in [-0.15, -0.1) is 0 Å². The molecule has 5 nitrogen and oxygen atoms in total. The molecule has 2 rings (SSSR count). The Morgan fingerprint density at radius 3 is 2.74 bits per heavy atom. The molecule has 0 aliphatic carbocycles. The Morgan fingerprint density at radius 1 is 1.47 bits per heavy atom. The summed E-state index contributed by atoms with van der Waals surface area (Å²) in [6, 6.07) is 7.19. The molecule has 0 bridgehead atoms. The molecule has 4 N–H and O–H groups in total. The smallest absolute Gasteiger partial charge is 0.237 e. The molecular weight excluding hydrogens is 244 g/mol. The minimum Gasteiger partial charge on any atom is -0.392 e. The van der Waals surface area contributed by atoms with Crippen LogP contribution in [0, 0.1) is 6.92 Å². The lowest BCUT2D eigenvalue weighted by atomic mass is 10.1. The molecule has 1 fully saturated rings. The highest BCUT2D eigenvalue weighted by atomic mass is 16.3. The van der Waals surface area contributed by atoms with Crippen LogP contribution >= 0.6 is 0 Å². The van der Waals surface area contributed by atoms with Crippen molar-refractivity contribution in [2.45, 2.75) is 31.6 Å². The first-order chi connectivity index (χ1) is 9.06. The van der Waals surface area contributed by atoms with Gasteiger partial charge in [0.1, 0.15) is 0 Å². The van der Waals surface area contributed by atoms with E-state index in [-0.39, 0.29) is 18.5 Å². The standard InChI is InChI=1S/C14H20N2O3/c1-9-2-4-10(5-3-9)13(18)8-16-14(19)12-6-11(17)7-15-12/h2-5,11-13,15,17-18H,6-8H2,1H3,(H,16,19). The number of carbonyl (C=O) groups excluding carboxylic acids is 1. The third-order valence-corrected chi connectivity index (χ3v) is 3.36. The number of amides is 1. The SMILES string of the molecule is Cc1ccc(C(O)CNC(=O)C2CC(O)CN2)cc1. The van der Waals surface area contributed by atoms with Crippen LogP contribution in [0.4, 0.5) is 0 Å². The van der Waals surface area contributed by atoms with Crippen LogP contribution < -0.4 is 10.6 Å². The number of nitrogens with one attached hydrogen (secondary N) is 2. The normalized spacial score (nSPS) is 24.2. The lowest BCUT2D eigenvalue weighted by Gasteiger charge is -2.15.